The van der Waals surface area contributed by atoms with Crippen LogP contribution in [0.3, 0.4) is 0 Å². The van der Waals surface area contributed by atoms with Gasteiger partial charge in [0.25, 0.3) is 5.89 Å². The number of rotatable bonds is 8. The van der Waals surface area contributed by atoms with Crippen LogP contribution in [0.4, 0.5) is 0 Å². The summed E-state index contributed by atoms with van der Waals surface area (Å²) < 4.78 is 16.5. The highest BCUT2D eigenvalue weighted by Crippen LogP contribution is 2.32. The molecule has 1 aliphatic heterocycles. The van der Waals surface area contributed by atoms with E-state index < -0.39 is 0 Å². The van der Waals surface area contributed by atoms with E-state index in [1.165, 1.54) is 0 Å². The van der Waals surface area contributed by atoms with Crippen LogP contribution >= 0.6 is 0 Å². The SMILES string of the molecule is COc1ccccc1CCC(=O)N1CCCC(C)(c2noc(COc3ccccc3)n2)C1. The van der Waals surface area contributed by atoms with E-state index in [0.717, 1.165) is 36.4 Å². The van der Waals surface area contributed by atoms with E-state index in [0.29, 0.717) is 31.1 Å². The minimum Gasteiger partial charge on any atom is -0.496 e. The smallest absolute Gasteiger partial charge is 0.264 e. The number of carbonyl (C=O) groups excluding carboxylic acids is 1. The Morgan fingerprint density at radius 3 is 2.75 bits per heavy atom. The van der Waals surface area contributed by atoms with Crippen LogP contribution in [0.25, 0.3) is 0 Å². The van der Waals surface area contributed by atoms with Gasteiger partial charge in [-0.25, -0.2) is 0 Å². The first-order valence-electron chi connectivity index (χ1n) is 11.0. The zero-order valence-corrected chi connectivity index (χ0v) is 18.6. The van der Waals surface area contributed by atoms with Crippen molar-refractivity contribution in [2.45, 2.75) is 44.6 Å². The highest BCUT2D eigenvalue weighted by molar-refractivity contribution is 5.76. The number of aryl methyl sites for hydroxylation is 1. The van der Waals surface area contributed by atoms with Crippen molar-refractivity contribution in [3.63, 3.8) is 0 Å². The fourth-order valence-electron chi connectivity index (χ4n) is 4.16. The molecular formula is C25H29N3O4. The summed E-state index contributed by atoms with van der Waals surface area (Å²) >= 11 is 0. The molecule has 168 valence electrons. The average molecular weight is 436 g/mol. The Hall–Kier alpha value is -3.35. The van der Waals surface area contributed by atoms with Crippen LogP contribution in [-0.4, -0.2) is 41.1 Å². The maximum Gasteiger partial charge on any atom is 0.264 e. The lowest BCUT2D eigenvalue weighted by Gasteiger charge is -2.38. The molecule has 1 fully saturated rings. The Morgan fingerprint density at radius 2 is 1.94 bits per heavy atom. The molecule has 1 amide bonds. The molecule has 4 rings (SSSR count). The zero-order valence-electron chi connectivity index (χ0n) is 18.6. The molecule has 0 aliphatic carbocycles. The Bertz CT molecular complexity index is 1040. The minimum absolute atomic E-state index is 0.137. The molecule has 3 aromatic rings. The third-order valence-corrected chi connectivity index (χ3v) is 5.96. The largest absolute Gasteiger partial charge is 0.496 e. The lowest BCUT2D eigenvalue weighted by Crippen LogP contribution is -2.47. The summed E-state index contributed by atoms with van der Waals surface area (Å²) in [6.07, 6.45) is 2.90. The molecule has 1 aromatic heterocycles. The maximum absolute atomic E-state index is 13.0. The number of aromatic nitrogens is 2. The number of piperidine rings is 1. The number of nitrogens with zero attached hydrogens (tertiary/aromatic N) is 3. The molecule has 1 saturated heterocycles. The quantitative estimate of drug-likeness (QED) is 0.529. The standard InChI is InChI=1S/C25H29N3O4/c1-25(24-26-22(32-27-24)17-31-20-10-4-3-5-11-20)15-8-16-28(18-25)23(29)14-13-19-9-6-7-12-21(19)30-2/h3-7,9-12H,8,13-18H2,1-2H3. The van der Waals surface area contributed by atoms with Gasteiger partial charge < -0.3 is 18.9 Å². The van der Waals surface area contributed by atoms with Gasteiger partial charge in [-0.3, -0.25) is 4.79 Å². The number of amides is 1. The average Bonchev–Trinajstić information content (AvgIpc) is 3.32. The number of likely N-dealkylation sites (tertiary alicyclic amines) is 1. The fourth-order valence-corrected chi connectivity index (χ4v) is 4.16. The molecule has 7 nitrogen and oxygen atoms in total. The van der Waals surface area contributed by atoms with Crippen molar-refractivity contribution in [2.24, 2.45) is 0 Å². The number of benzene rings is 2. The van der Waals surface area contributed by atoms with E-state index >= 15 is 0 Å². The predicted molar refractivity (Wildman–Crippen MR) is 120 cm³/mol. The normalized spacial score (nSPS) is 18.4. The molecule has 0 saturated carbocycles. The van der Waals surface area contributed by atoms with Crippen molar-refractivity contribution in [1.82, 2.24) is 15.0 Å². The van der Waals surface area contributed by atoms with Crippen LogP contribution in [0.2, 0.25) is 0 Å². The number of carbonyl (C=O) groups is 1. The number of hydrogen-bond donors (Lipinski definition) is 0. The van der Waals surface area contributed by atoms with Crippen LogP contribution < -0.4 is 9.47 Å². The second kappa shape index (κ2) is 9.85. The molecular weight excluding hydrogens is 406 g/mol. The second-order valence-electron chi connectivity index (χ2n) is 8.40. The Morgan fingerprint density at radius 1 is 1.16 bits per heavy atom. The van der Waals surface area contributed by atoms with Gasteiger partial charge >= 0.3 is 0 Å². The summed E-state index contributed by atoms with van der Waals surface area (Å²) in [5.74, 6) is 2.78. The summed E-state index contributed by atoms with van der Waals surface area (Å²) in [6, 6.07) is 17.4. The summed E-state index contributed by atoms with van der Waals surface area (Å²) in [7, 11) is 1.65. The van der Waals surface area contributed by atoms with Gasteiger partial charge in [-0.15, -0.1) is 0 Å². The van der Waals surface area contributed by atoms with Crippen molar-refractivity contribution < 1.29 is 18.8 Å². The lowest BCUT2D eigenvalue weighted by molar-refractivity contribution is -0.133. The van der Waals surface area contributed by atoms with Gasteiger partial charge in [0.1, 0.15) is 11.5 Å². The topological polar surface area (TPSA) is 77.7 Å². The Balaban J connectivity index is 1.36. The van der Waals surface area contributed by atoms with Crippen LogP contribution in [0, 0.1) is 0 Å². The Labute approximate surface area is 188 Å². The monoisotopic (exact) mass is 435 g/mol. The summed E-state index contributed by atoms with van der Waals surface area (Å²) in [5, 5.41) is 4.21. The molecule has 0 spiro atoms. The molecule has 2 heterocycles. The first-order valence-corrected chi connectivity index (χ1v) is 11.0. The first kappa shape index (κ1) is 21.9. The van der Waals surface area contributed by atoms with Gasteiger partial charge in [0.05, 0.1) is 7.11 Å². The van der Waals surface area contributed by atoms with Gasteiger partial charge in [-0.1, -0.05) is 48.5 Å². The molecule has 32 heavy (non-hydrogen) atoms. The van der Waals surface area contributed by atoms with E-state index in [-0.39, 0.29) is 17.9 Å². The second-order valence-corrected chi connectivity index (χ2v) is 8.40. The van der Waals surface area contributed by atoms with Crippen LogP contribution in [0.5, 0.6) is 11.5 Å². The lowest BCUT2D eigenvalue weighted by atomic mass is 9.81. The number of hydrogen-bond acceptors (Lipinski definition) is 6. The van der Waals surface area contributed by atoms with Gasteiger partial charge in [0, 0.05) is 24.9 Å². The van der Waals surface area contributed by atoms with Gasteiger partial charge in [-0.05, 0) is 43.0 Å². The Kier molecular flexibility index (Phi) is 6.73. The van der Waals surface area contributed by atoms with E-state index in [9.17, 15) is 4.79 Å². The molecule has 0 bridgehead atoms. The van der Waals surface area contributed by atoms with E-state index in [1.807, 2.05) is 59.5 Å². The minimum atomic E-state index is -0.340. The molecule has 2 aromatic carbocycles. The van der Waals surface area contributed by atoms with E-state index in [4.69, 9.17) is 14.0 Å². The molecule has 7 heteroatoms. The maximum atomic E-state index is 13.0. The first-order chi connectivity index (χ1) is 15.6. The molecule has 1 aliphatic rings. The van der Waals surface area contributed by atoms with Crippen molar-refractivity contribution in [2.75, 3.05) is 20.2 Å². The van der Waals surface area contributed by atoms with Crippen molar-refractivity contribution in [3.05, 3.63) is 71.9 Å². The third-order valence-electron chi connectivity index (χ3n) is 5.96. The van der Waals surface area contributed by atoms with E-state index in [2.05, 4.69) is 17.1 Å². The van der Waals surface area contributed by atoms with Gasteiger partial charge in [-0.2, -0.15) is 4.98 Å². The molecule has 0 N–H and O–H groups in total. The highest BCUT2D eigenvalue weighted by atomic mass is 16.5. The number of ether oxygens (including phenoxy) is 2. The number of methoxy groups -OCH3 is 1. The van der Waals surface area contributed by atoms with Crippen molar-refractivity contribution in [1.29, 1.82) is 0 Å². The zero-order chi connectivity index (χ0) is 22.4. The molecule has 1 atom stereocenters. The van der Waals surface area contributed by atoms with Gasteiger partial charge in [0.15, 0.2) is 12.4 Å². The summed E-state index contributed by atoms with van der Waals surface area (Å²) in [4.78, 5) is 19.5. The van der Waals surface area contributed by atoms with Crippen molar-refractivity contribution in [3.8, 4) is 11.5 Å². The summed E-state index contributed by atoms with van der Waals surface area (Å²) in [5.41, 5.74) is 0.705. The predicted octanol–water partition coefficient (Wildman–Crippen LogP) is 4.17. The third kappa shape index (κ3) is 5.10. The highest BCUT2D eigenvalue weighted by Gasteiger charge is 2.38. The van der Waals surface area contributed by atoms with Gasteiger partial charge in [0.2, 0.25) is 5.91 Å². The fraction of sp³-hybridized carbons (Fsp3) is 0.400. The number of para-hydroxylation sites is 2. The van der Waals surface area contributed by atoms with Crippen LogP contribution in [-0.2, 0) is 23.2 Å². The molecule has 1 unspecified atom stereocenters. The van der Waals surface area contributed by atoms with Crippen molar-refractivity contribution >= 4 is 5.91 Å². The summed E-state index contributed by atoms with van der Waals surface area (Å²) in [6.45, 7) is 3.65. The van der Waals surface area contributed by atoms with E-state index in [1.54, 1.807) is 7.11 Å². The molecule has 0 radical (unpaired) electrons. The van der Waals surface area contributed by atoms with Crippen LogP contribution in [0.1, 0.15) is 43.5 Å². The van der Waals surface area contributed by atoms with Crippen LogP contribution in [0.15, 0.2) is 59.1 Å².